The highest BCUT2D eigenvalue weighted by molar-refractivity contribution is 7.14. The molecular formula is C19H12ClNO2S. The smallest absolute Gasteiger partial charge is 0.337 e. The van der Waals surface area contributed by atoms with Gasteiger partial charge in [0.05, 0.1) is 10.6 Å². The maximum absolute atomic E-state index is 11.3. The molecule has 5 heteroatoms. The van der Waals surface area contributed by atoms with E-state index in [4.69, 9.17) is 11.6 Å². The van der Waals surface area contributed by atoms with Crippen LogP contribution >= 0.6 is 22.9 Å². The summed E-state index contributed by atoms with van der Waals surface area (Å²) < 4.78 is 0. The summed E-state index contributed by atoms with van der Waals surface area (Å²) in [6, 6.07) is 15.8. The zero-order valence-electron chi connectivity index (χ0n) is 12.4. The molecule has 0 atom stereocenters. The minimum Gasteiger partial charge on any atom is -0.478 e. The Hall–Kier alpha value is -2.56. The molecule has 0 fully saturated rings. The molecule has 2 aromatic heterocycles. The van der Waals surface area contributed by atoms with E-state index in [1.165, 1.54) is 6.20 Å². The molecule has 4 rings (SSSR count). The van der Waals surface area contributed by atoms with Gasteiger partial charge in [0.2, 0.25) is 0 Å². The zero-order chi connectivity index (χ0) is 16.7. The molecular weight excluding hydrogens is 342 g/mol. The number of carboxylic acids is 1. The van der Waals surface area contributed by atoms with Gasteiger partial charge in [-0.15, -0.1) is 11.3 Å². The molecule has 0 saturated carbocycles. The van der Waals surface area contributed by atoms with E-state index < -0.39 is 5.97 Å². The molecule has 24 heavy (non-hydrogen) atoms. The van der Waals surface area contributed by atoms with Crippen LogP contribution in [0.5, 0.6) is 0 Å². The summed E-state index contributed by atoms with van der Waals surface area (Å²) in [6.07, 6.45) is 1.50. The van der Waals surface area contributed by atoms with Crippen molar-refractivity contribution in [1.82, 2.24) is 4.98 Å². The molecule has 0 saturated heterocycles. The number of H-pyrrole nitrogens is 1. The number of fused-ring (bicyclic) bond motifs is 1. The number of aromatic amines is 1. The van der Waals surface area contributed by atoms with Crippen LogP contribution in [-0.4, -0.2) is 16.1 Å². The summed E-state index contributed by atoms with van der Waals surface area (Å²) in [7, 11) is 0. The van der Waals surface area contributed by atoms with Crippen LogP contribution in [0.1, 0.15) is 10.4 Å². The van der Waals surface area contributed by atoms with E-state index in [1.54, 1.807) is 17.4 Å². The lowest BCUT2D eigenvalue weighted by molar-refractivity contribution is 0.0699. The van der Waals surface area contributed by atoms with Crippen molar-refractivity contribution in [3.8, 4) is 21.6 Å². The van der Waals surface area contributed by atoms with Crippen molar-refractivity contribution in [2.45, 2.75) is 0 Å². The normalized spacial score (nSPS) is 11.0. The van der Waals surface area contributed by atoms with Gasteiger partial charge in [0.1, 0.15) is 0 Å². The summed E-state index contributed by atoms with van der Waals surface area (Å²) in [6.45, 7) is 0. The van der Waals surface area contributed by atoms with Gasteiger partial charge < -0.3 is 10.1 Å². The summed E-state index contributed by atoms with van der Waals surface area (Å²) in [4.78, 5) is 15.3. The number of halogens is 1. The second-order valence-electron chi connectivity index (χ2n) is 5.45. The van der Waals surface area contributed by atoms with Crippen LogP contribution in [0.2, 0.25) is 5.02 Å². The van der Waals surface area contributed by atoms with Crippen LogP contribution in [0.15, 0.2) is 60.1 Å². The average Bonchev–Trinajstić information content (AvgIpc) is 3.21. The monoisotopic (exact) mass is 353 g/mol. The van der Waals surface area contributed by atoms with Crippen molar-refractivity contribution >= 4 is 39.8 Å². The lowest BCUT2D eigenvalue weighted by Gasteiger charge is -2.03. The summed E-state index contributed by atoms with van der Waals surface area (Å²) in [5, 5.41) is 12.7. The predicted molar refractivity (Wildman–Crippen MR) is 99.0 cm³/mol. The van der Waals surface area contributed by atoms with Gasteiger partial charge in [-0.25, -0.2) is 4.79 Å². The Morgan fingerprint density at radius 1 is 1.08 bits per heavy atom. The summed E-state index contributed by atoms with van der Waals surface area (Å²) in [5.74, 6) is -0.953. The highest BCUT2D eigenvalue weighted by Crippen LogP contribution is 2.38. The van der Waals surface area contributed by atoms with E-state index in [0.717, 1.165) is 27.1 Å². The number of aromatic carboxylic acids is 1. The third-order valence-electron chi connectivity index (χ3n) is 3.97. The molecule has 0 amide bonds. The largest absolute Gasteiger partial charge is 0.478 e. The highest BCUT2D eigenvalue weighted by Gasteiger charge is 2.15. The Labute approximate surface area is 147 Å². The highest BCUT2D eigenvalue weighted by atomic mass is 35.5. The molecule has 0 radical (unpaired) electrons. The predicted octanol–water partition coefficient (Wildman–Crippen LogP) is 5.92. The third kappa shape index (κ3) is 2.50. The number of benzene rings is 2. The van der Waals surface area contributed by atoms with Crippen LogP contribution in [0.25, 0.3) is 32.5 Å². The van der Waals surface area contributed by atoms with Crippen molar-refractivity contribution in [3.05, 3.63) is 70.7 Å². The molecule has 2 N–H and O–H groups in total. The first-order valence-corrected chi connectivity index (χ1v) is 8.57. The number of hydrogen-bond acceptors (Lipinski definition) is 2. The third-order valence-corrected chi connectivity index (χ3v) is 5.25. The first-order valence-electron chi connectivity index (χ1n) is 7.32. The number of nitrogens with one attached hydrogen (secondary N) is 1. The standard InChI is InChI=1S/C19H12ClNO2S/c20-16-8-17-13(15(9-21-17)19(22)23)7-14(16)18-6-12(10-24-18)11-4-2-1-3-5-11/h1-10,21H,(H,22,23). The lowest BCUT2D eigenvalue weighted by atomic mass is 10.1. The van der Waals surface area contributed by atoms with Crippen LogP contribution in [0.3, 0.4) is 0 Å². The van der Waals surface area contributed by atoms with Gasteiger partial charge in [-0.3, -0.25) is 0 Å². The number of aromatic nitrogens is 1. The first kappa shape index (κ1) is 15.0. The number of thiophene rings is 1. The first-order chi connectivity index (χ1) is 11.6. The van der Waals surface area contributed by atoms with Crippen molar-refractivity contribution in [3.63, 3.8) is 0 Å². The van der Waals surface area contributed by atoms with Crippen molar-refractivity contribution in [2.75, 3.05) is 0 Å². The fourth-order valence-electron chi connectivity index (χ4n) is 2.77. The van der Waals surface area contributed by atoms with Crippen LogP contribution < -0.4 is 0 Å². The van der Waals surface area contributed by atoms with Crippen molar-refractivity contribution in [2.24, 2.45) is 0 Å². The van der Waals surface area contributed by atoms with Crippen molar-refractivity contribution < 1.29 is 9.90 Å². The number of rotatable bonds is 3. The number of carboxylic acid groups (broad SMARTS) is 1. The van der Waals surface area contributed by atoms with Crippen LogP contribution in [0, 0.1) is 0 Å². The molecule has 0 aliphatic rings. The van der Waals surface area contributed by atoms with Gasteiger partial charge in [0.25, 0.3) is 0 Å². The molecule has 0 aliphatic carbocycles. The van der Waals surface area contributed by atoms with Gasteiger partial charge in [0, 0.05) is 27.5 Å². The summed E-state index contributed by atoms with van der Waals surface area (Å²) in [5.41, 5.74) is 4.09. The Morgan fingerprint density at radius 2 is 1.88 bits per heavy atom. The molecule has 0 unspecified atom stereocenters. The Kier molecular flexibility index (Phi) is 3.63. The average molecular weight is 354 g/mol. The number of carbonyl (C=O) groups is 1. The van der Waals surface area contributed by atoms with Gasteiger partial charge in [-0.05, 0) is 34.7 Å². The van der Waals surface area contributed by atoms with E-state index in [1.807, 2.05) is 24.3 Å². The molecule has 0 bridgehead atoms. The minimum absolute atomic E-state index is 0.253. The van der Waals surface area contributed by atoms with Gasteiger partial charge in [0.15, 0.2) is 0 Å². The van der Waals surface area contributed by atoms with Gasteiger partial charge in [-0.1, -0.05) is 41.9 Å². The topological polar surface area (TPSA) is 53.1 Å². The molecule has 2 aromatic carbocycles. The molecule has 4 aromatic rings. The Morgan fingerprint density at radius 3 is 2.62 bits per heavy atom. The zero-order valence-corrected chi connectivity index (χ0v) is 14.0. The molecule has 0 spiro atoms. The summed E-state index contributed by atoms with van der Waals surface area (Å²) >= 11 is 8.02. The van der Waals surface area contributed by atoms with Crippen LogP contribution in [0.4, 0.5) is 0 Å². The maximum atomic E-state index is 11.3. The SMILES string of the molecule is O=C(O)c1c[nH]c2cc(Cl)c(-c3cc(-c4ccccc4)cs3)cc12. The van der Waals surface area contributed by atoms with Gasteiger partial charge in [-0.2, -0.15) is 0 Å². The fourth-order valence-corrected chi connectivity index (χ4v) is 4.04. The number of hydrogen-bond donors (Lipinski definition) is 2. The Bertz CT molecular complexity index is 1050. The molecule has 118 valence electrons. The maximum Gasteiger partial charge on any atom is 0.337 e. The molecule has 3 nitrogen and oxygen atoms in total. The minimum atomic E-state index is -0.953. The van der Waals surface area contributed by atoms with E-state index >= 15 is 0 Å². The lowest BCUT2D eigenvalue weighted by Crippen LogP contribution is -1.93. The molecule has 2 heterocycles. The van der Waals surface area contributed by atoms with E-state index in [-0.39, 0.29) is 5.56 Å². The second kappa shape index (κ2) is 5.82. The second-order valence-corrected chi connectivity index (χ2v) is 6.77. The van der Waals surface area contributed by atoms with E-state index in [9.17, 15) is 9.90 Å². The van der Waals surface area contributed by atoms with Crippen LogP contribution in [-0.2, 0) is 0 Å². The van der Waals surface area contributed by atoms with Gasteiger partial charge >= 0.3 is 5.97 Å². The van der Waals surface area contributed by atoms with Crippen molar-refractivity contribution in [1.29, 1.82) is 0 Å². The molecule has 0 aliphatic heterocycles. The fraction of sp³-hybridized carbons (Fsp3) is 0. The van der Waals surface area contributed by atoms with E-state index in [0.29, 0.717) is 10.4 Å². The Balaban J connectivity index is 1.84. The van der Waals surface area contributed by atoms with E-state index in [2.05, 4.69) is 28.6 Å². The quantitative estimate of drug-likeness (QED) is 0.480.